The van der Waals surface area contributed by atoms with Gasteiger partial charge in [-0.05, 0) is 45.7 Å². The van der Waals surface area contributed by atoms with E-state index in [1.807, 2.05) is 0 Å². The number of hydrogen-bond donors (Lipinski definition) is 1. The minimum Gasteiger partial charge on any atom is -0.444 e. The molecule has 3 amide bonds. The molecule has 0 bridgehead atoms. The van der Waals surface area contributed by atoms with Gasteiger partial charge in [-0.15, -0.1) is 0 Å². The fourth-order valence-electron chi connectivity index (χ4n) is 4.00. The lowest BCUT2D eigenvalue weighted by Crippen LogP contribution is -2.36. The predicted molar refractivity (Wildman–Crippen MR) is 132 cm³/mol. The number of carbonyl (C=O) groups is 3. The molecule has 1 aromatic heterocycles. The van der Waals surface area contributed by atoms with Gasteiger partial charge in [0.2, 0.25) is 5.89 Å². The van der Waals surface area contributed by atoms with Crippen molar-refractivity contribution < 1.29 is 28.5 Å². The Bertz CT molecular complexity index is 1320. The molecule has 2 heterocycles. The third-order valence-electron chi connectivity index (χ3n) is 5.61. The van der Waals surface area contributed by atoms with Crippen molar-refractivity contribution in [3.8, 4) is 11.3 Å². The molecule has 1 atom stereocenters. The highest BCUT2D eigenvalue weighted by Crippen LogP contribution is 2.35. The van der Waals surface area contributed by atoms with Gasteiger partial charge < -0.3 is 14.5 Å². The van der Waals surface area contributed by atoms with Crippen molar-refractivity contribution in [3.05, 3.63) is 81.9 Å². The summed E-state index contributed by atoms with van der Waals surface area (Å²) >= 11 is 0. The van der Waals surface area contributed by atoms with Crippen molar-refractivity contribution in [2.45, 2.75) is 45.3 Å². The van der Waals surface area contributed by atoms with Gasteiger partial charge in [0.25, 0.3) is 17.5 Å². The van der Waals surface area contributed by atoms with Crippen LogP contribution in [0.25, 0.3) is 11.3 Å². The number of nitro groups is 1. The highest BCUT2D eigenvalue weighted by Gasteiger charge is 2.42. The number of carbonyl (C=O) groups excluding carboxylic acids is 3. The number of aromatic nitrogens is 1. The summed E-state index contributed by atoms with van der Waals surface area (Å²) in [5.74, 6) is -0.581. The largest absolute Gasteiger partial charge is 0.444 e. The summed E-state index contributed by atoms with van der Waals surface area (Å²) in [5, 5.41) is 13.8. The molecule has 1 N–H and O–H groups in total. The molecule has 0 fully saturated rings. The molecule has 192 valence electrons. The Morgan fingerprint density at radius 3 is 2.43 bits per heavy atom. The summed E-state index contributed by atoms with van der Waals surface area (Å²) in [7, 11) is 0. The molecule has 37 heavy (non-hydrogen) atoms. The molecule has 0 aliphatic carbocycles. The standard InChI is InChI=1S/C26H26N4O7/c1-26(2,3)37-25(33)27-13-7-12-20(29-23(31)18-10-4-5-11-19(18)24(29)32)22-28-15-21(36-22)16-8-6-9-17(14-16)30(34)35/h4-6,8-11,14-15,20H,7,12-13H2,1-3H3,(H,27,33). The second-order valence-corrected chi connectivity index (χ2v) is 9.48. The maximum atomic E-state index is 13.2. The van der Waals surface area contributed by atoms with E-state index < -0.39 is 34.5 Å². The van der Waals surface area contributed by atoms with Gasteiger partial charge in [-0.25, -0.2) is 9.78 Å². The van der Waals surface area contributed by atoms with E-state index in [0.717, 1.165) is 4.90 Å². The van der Waals surface area contributed by atoms with Crippen LogP contribution >= 0.6 is 0 Å². The van der Waals surface area contributed by atoms with Crippen molar-refractivity contribution >= 4 is 23.6 Å². The molecule has 0 spiro atoms. The number of nitro benzene ring substituents is 1. The van der Waals surface area contributed by atoms with Gasteiger partial charge in [0.15, 0.2) is 5.76 Å². The normalized spacial score (nSPS) is 13.9. The number of non-ortho nitro benzene ring substituents is 1. The molecular formula is C26H26N4O7. The smallest absolute Gasteiger partial charge is 0.407 e. The number of hydrogen-bond acceptors (Lipinski definition) is 8. The van der Waals surface area contributed by atoms with Crippen molar-refractivity contribution in [2.24, 2.45) is 0 Å². The second-order valence-electron chi connectivity index (χ2n) is 9.48. The van der Waals surface area contributed by atoms with E-state index in [1.165, 1.54) is 24.4 Å². The molecule has 4 rings (SSSR count). The number of ether oxygens (including phenoxy) is 1. The SMILES string of the molecule is CC(C)(C)OC(=O)NCCCC(c1ncc(-c2cccc([N+](=O)[O-])c2)o1)N1C(=O)c2ccccc2C1=O. The minimum atomic E-state index is -0.861. The summed E-state index contributed by atoms with van der Waals surface area (Å²) in [5.41, 5.74) is 0.249. The second kappa shape index (κ2) is 10.2. The van der Waals surface area contributed by atoms with E-state index in [2.05, 4.69) is 10.3 Å². The number of imide groups is 1. The molecular weight excluding hydrogens is 480 g/mol. The highest BCUT2D eigenvalue weighted by atomic mass is 16.6. The van der Waals surface area contributed by atoms with Crippen LogP contribution in [-0.2, 0) is 4.74 Å². The first kappa shape index (κ1) is 25.5. The lowest BCUT2D eigenvalue weighted by molar-refractivity contribution is -0.384. The number of amides is 3. The van der Waals surface area contributed by atoms with Crippen LogP contribution in [0.5, 0.6) is 0 Å². The van der Waals surface area contributed by atoms with E-state index >= 15 is 0 Å². The van der Waals surface area contributed by atoms with Crippen LogP contribution in [0.2, 0.25) is 0 Å². The van der Waals surface area contributed by atoms with Gasteiger partial charge in [-0.1, -0.05) is 24.3 Å². The maximum Gasteiger partial charge on any atom is 0.407 e. The molecule has 0 saturated heterocycles. The van der Waals surface area contributed by atoms with E-state index in [9.17, 15) is 24.5 Å². The molecule has 1 aliphatic rings. The van der Waals surface area contributed by atoms with Gasteiger partial charge >= 0.3 is 6.09 Å². The first-order chi connectivity index (χ1) is 17.5. The number of rotatable bonds is 8. The maximum absolute atomic E-state index is 13.2. The first-order valence-corrected chi connectivity index (χ1v) is 11.7. The lowest BCUT2D eigenvalue weighted by Gasteiger charge is -2.24. The van der Waals surface area contributed by atoms with Crippen LogP contribution in [0, 0.1) is 10.1 Å². The van der Waals surface area contributed by atoms with Crippen LogP contribution in [0.3, 0.4) is 0 Å². The molecule has 11 heteroatoms. The third-order valence-corrected chi connectivity index (χ3v) is 5.61. The number of alkyl carbamates (subject to hydrolysis) is 1. The van der Waals surface area contributed by atoms with E-state index in [1.54, 1.807) is 51.1 Å². The quantitative estimate of drug-likeness (QED) is 0.197. The van der Waals surface area contributed by atoms with Crippen molar-refractivity contribution in [3.63, 3.8) is 0 Å². The molecule has 11 nitrogen and oxygen atoms in total. The summed E-state index contributed by atoms with van der Waals surface area (Å²) < 4.78 is 11.2. The Morgan fingerprint density at radius 1 is 1.14 bits per heavy atom. The number of fused-ring (bicyclic) bond motifs is 1. The number of benzene rings is 2. The van der Waals surface area contributed by atoms with E-state index in [4.69, 9.17) is 9.15 Å². The van der Waals surface area contributed by atoms with Gasteiger partial charge in [0, 0.05) is 24.2 Å². The molecule has 0 saturated carbocycles. The van der Waals surface area contributed by atoms with Crippen molar-refractivity contribution in [1.82, 2.24) is 15.2 Å². The summed E-state index contributed by atoms with van der Waals surface area (Å²) in [6, 6.07) is 11.5. The van der Waals surface area contributed by atoms with Crippen LogP contribution in [0.15, 0.2) is 59.1 Å². The summed E-state index contributed by atoms with van der Waals surface area (Å²) in [4.78, 5) is 54.4. The summed E-state index contributed by atoms with van der Waals surface area (Å²) in [6.07, 6.45) is 1.45. The van der Waals surface area contributed by atoms with E-state index in [-0.39, 0.29) is 41.4 Å². The van der Waals surface area contributed by atoms with Crippen LogP contribution in [0.4, 0.5) is 10.5 Å². The molecule has 1 aliphatic heterocycles. The minimum absolute atomic E-state index is 0.105. The first-order valence-electron chi connectivity index (χ1n) is 11.7. The average Bonchev–Trinajstić information content (AvgIpc) is 3.43. The zero-order valence-electron chi connectivity index (χ0n) is 20.6. The van der Waals surface area contributed by atoms with Gasteiger partial charge in [0.05, 0.1) is 22.2 Å². The number of nitrogens with zero attached hydrogens (tertiary/aromatic N) is 3. The van der Waals surface area contributed by atoms with Gasteiger partial charge in [-0.3, -0.25) is 24.6 Å². The van der Waals surface area contributed by atoms with E-state index in [0.29, 0.717) is 12.0 Å². The van der Waals surface area contributed by atoms with Crippen LogP contribution in [-0.4, -0.2) is 44.9 Å². The number of nitrogens with one attached hydrogen (secondary N) is 1. The van der Waals surface area contributed by atoms with Gasteiger partial charge in [-0.2, -0.15) is 0 Å². The fraction of sp³-hybridized carbons (Fsp3) is 0.308. The van der Waals surface area contributed by atoms with Crippen LogP contribution in [0.1, 0.15) is 66.3 Å². The number of oxazole rings is 1. The fourth-order valence-corrected chi connectivity index (χ4v) is 4.00. The molecule has 2 aromatic carbocycles. The zero-order chi connectivity index (χ0) is 26.7. The van der Waals surface area contributed by atoms with Crippen LogP contribution < -0.4 is 5.32 Å². The topological polar surface area (TPSA) is 145 Å². The Labute approximate surface area is 212 Å². The van der Waals surface area contributed by atoms with Crippen molar-refractivity contribution in [1.29, 1.82) is 0 Å². The lowest BCUT2D eigenvalue weighted by atomic mass is 10.1. The average molecular weight is 507 g/mol. The van der Waals surface area contributed by atoms with Crippen molar-refractivity contribution in [2.75, 3.05) is 6.54 Å². The monoisotopic (exact) mass is 506 g/mol. The molecule has 1 unspecified atom stereocenters. The Balaban J connectivity index is 1.58. The predicted octanol–water partition coefficient (Wildman–Crippen LogP) is 4.89. The molecule has 3 aromatic rings. The Kier molecular flexibility index (Phi) is 7.05. The Hall–Kier alpha value is -4.54. The molecule has 0 radical (unpaired) electrons. The third kappa shape index (κ3) is 5.66. The summed E-state index contributed by atoms with van der Waals surface area (Å²) in [6.45, 7) is 5.50. The zero-order valence-corrected chi connectivity index (χ0v) is 20.6. The highest BCUT2D eigenvalue weighted by molar-refractivity contribution is 6.21. The van der Waals surface area contributed by atoms with Gasteiger partial charge in [0.1, 0.15) is 11.6 Å². The Morgan fingerprint density at radius 2 is 1.81 bits per heavy atom.